The summed E-state index contributed by atoms with van der Waals surface area (Å²) < 4.78 is 6.98. The summed E-state index contributed by atoms with van der Waals surface area (Å²) in [5.41, 5.74) is 2.18. The van der Waals surface area contributed by atoms with Gasteiger partial charge in [-0.25, -0.2) is 14.6 Å². The van der Waals surface area contributed by atoms with E-state index >= 15 is 0 Å². The van der Waals surface area contributed by atoms with Crippen molar-refractivity contribution in [2.45, 2.75) is 6.61 Å². The highest BCUT2D eigenvalue weighted by molar-refractivity contribution is 5.75. The second kappa shape index (κ2) is 4.33. The van der Waals surface area contributed by atoms with Crippen LogP contribution in [0, 0.1) is 0 Å². The lowest BCUT2D eigenvalue weighted by atomic mass is 10.2. The minimum Gasteiger partial charge on any atom is -0.471 e. The second-order valence-corrected chi connectivity index (χ2v) is 3.78. The maximum Gasteiger partial charge on any atom is 0.245 e. The second-order valence-electron chi connectivity index (χ2n) is 3.78. The summed E-state index contributed by atoms with van der Waals surface area (Å²) in [7, 11) is 0. The van der Waals surface area contributed by atoms with Crippen LogP contribution in [-0.2, 0) is 6.61 Å². The van der Waals surface area contributed by atoms with Crippen molar-refractivity contribution in [3.05, 3.63) is 48.5 Å². The molecule has 1 aromatic carbocycles. The lowest BCUT2D eigenvalue weighted by Crippen LogP contribution is -2.07. The topological polar surface area (TPSA) is 78.9 Å². The van der Waals surface area contributed by atoms with Gasteiger partial charge < -0.3 is 10.6 Å². The van der Waals surface area contributed by atoms with E-state index in [1.807, 2.05) is 30.3 Å². The molecule has 0 fully saturated rings. The first-order chi connectivity index (χ1) is 8.84. The molecule has 2 heterocycles. The van der Waals surface area contributed by atoms with Gasteiger partial charge in [0, 0.05) is 0 Å². The monoisotopic (exact) mass is 241 g/mol. The molecule has 0 bridgehead atoms. The zero-order valence-electron chi connectivity index (χ0n) is 9.52. The van der Waals surface area contributed by atoms with E-state index in [1.54, 1.807) is 0 Å². The normalized spacial score (nSPS) is 10.7. The molecule has 6 heteroatoms. The number of benzene rings is 1. The van der Waals surface area contributed by atoms with Gasteiger partial charge in [0.25, 0.3) is 0 Å². The Kier molecular flexibility index (Phi) is 2.53. The van der Waals surface area contributed by atoms with Crippen LogP contribution in [-0.4, -0.2) is 19.6 Å². The zero-order chi connectivity index (χ0) is 12.4. The van der Waals surface area contributed by atoms with Gasteiger partial charge >= 0.3 is 0 Å². The Hall–Kier alpha value is -2.63. The van der Waals surface area contributed by atoms with E-state index < -0.39 is 0 Å². The summed E-state index contributed by atoms with van der Waals surface area (Å²) in [6.45, 7) is 0.435. The predicted molar refractivity (Wildman–Crippen MR) is 66.2 cm³/mol. The van der Waals surface area contributed by atoms with E-state index in [0.29, 0.717) is 23.7 Å². The van der Waals surface area contributed by atoms with Crippen molar-refractivity contribution in [2.75, 3.05) is 5.84 Å². The van der Waals surface area contributed by atoms with E-state index in [9.17, 15) is 0 Å². The molecule has 0 radical (unpaired) electrons. The highest BCUT2D eigenvalue weighted by atomic mass is 16.5. The summed E-state index contributed by atoms with van der Waals surface area (Å²) in [5.74, 6) is 6.10. The number of nitrogens with zero attached hydrogens (tertiary/aromatic N) is 4. The molecule has 0 unspecified atom stereocenters. The van der Waals surface area contributed by atoms with Gasteiger partial charge in [-0.2, -0.15) is 4.98 Å². The largest absolute Gasteiger partial charge is 0.471 e. The molecule has 0 saturated heterocycles. The van der Waals surface area contributed by atoms with E-state index in [0.717, 1.165) is 5.56 Å². The molecule has 3 aromatic rings. The first-order valence-corrected chi connectivity index (χ1v) is 5.44. The number of hydrogen-bond donors (Lipinski definition) is 1. The molecule has 0 aliphatic rings. The molecule has 0 aliphatic heterocycles. The Balaban J connectivity index is 1.87. The van der Waals surface area contributed by atoms with Crippen LogP contribution in [0.4, 0.5) is 0 Å². The van der Waals surface area contributed by atoms with E-state index in [-0.39, 0.29) is 0 Å². The SMILES string of the molecule is Nn1cnc2c(OCc3ccccc3)ncnc21. The predicted octanol–water partition coefficient (Wildman–Crippen LogP) is 1.12. The van der Waals surface area contributed by atoms with Crippen molar-refractivity contribution in [1.82, 2.24) is 19.6 Å². The fourth-order valence-corrected chi connectivity index (χ4v) is 1.66. The lowest BCUT2D eigenvalue weighted by Gasteiger charge is -2.05. The number of aromatic nitrogens is 4. The number of ether oxygens (including phenoxy) is 1. The average Bonchev–Trinajstić information content (AvgIpc) is 2.80. The van der Waals surface area contributed by atoms with Crippen molar-refractivity contribution in [1.29, 1.82) is 0 Å². The van der Waals surface area contributed by atoms with E-state index in [1.165, 1.54) is 17.3 Å². The molecule has 0 spiro atoms. The smallest absolute Gasteiger partial charge is 0.245 e. The van der Waals surface area contributed by atoms with Crippen molar-refractivity contribution < 1.29 is 4.74 Å². The molecular formula is C12H11N5O. The minimum absolute atomic E-state index is 0.435. The molecule has 3 rings (SSSR count). The standard InChI is InChI=1S/C12H11N5O/c13-17-8-16-10-11(17)14-7-15-12(10)18-6-9-4-2-1-3-5-9/h1-5,7-8H,6,13H2. The van der Waals surface area contributed by atoms with Gasteiger partial charge in [0.15, 0.2) is 11.2 Å². The van der Waals surface area contributed by atoms with Crippen LogP contribution in [0.25, 0.3) is 11.2 Å². The summed E-state index contributed by atoms with van der Waals surface area (Å²) in [6.07, 6.45) is 2.89. The molecule has 18 heavy (non-hydrogen) atoms. The molecule has 6 nitrogen and oxygen atoms in total. The summed E-state index contributed by atoms with van der Waals surface area (Å²) in [6, 6.07) is 9.86. The Morgan fingerprint density at radius 3 is 2.78 bits per heavy atom. The highest BCUT2D eigenvalue weighted by Crippen LogP contribution is 2.19. The Morgan fingerprint density at radius 1 is 1.11 bits per heavy atom. The molecule has 90 valence electrons. The molecule has 2 N–H and O–H groups in total. The molecular weight excluding hydrogens is 230 g/mol. The van der Waals surface area contributed by atoms with Gasteiger partial charge in [-0.15, -0.1) is 0 Å². The van der Waals surface area contributed by atoms with Gasteiger partial charge in [-0.1, -0.05) is 30.3 Å². The van der Waals surface area contributed by atoms with Crippen LogP contribution in [0.15, 0.2) is 43.0 Å². The Morgan fingerprint density at radius 2 is 1.94 bits per heavy atom. The van der Waals surface area contributed by atoms with Crippen LogP contribution >= 0.6 is 0 Å². The molecule has 0 amide bonds. The number of nitrogens with two attached hydrogens (primary N) is 1. The number of rotatable bonds is 3. The first kappa shape index (κ1) is 10.5. The third-order valence-electron chi connectivity index (χ3n) is 2.54. The van der Waals surface area contributed by atoms with Gasteiger partial charge in [0.1, 0.15) is 19.3 Å². The number of hydrogen-bond acceptors (Lipinski definition) is 5. The summed E-state index contributed by atoms with van der Waals surface area (Å²) >= 11 is 0. The molecule has 0 aliphatic carbocycles. The maximum absolute atomic E-state index is 5.66. The number of imidazole rings is 1. The van der Waals surface area contributed by atoms with Crippen molar-refractivity contribution in [3.63, 3.8) is 0 Å². The lowest BCUT2D eigenvalue weighted by molar-refractivity contribution is 0.297. The van der Waals surface area contributed by atoms with Crippen molar-refractivity contribution in [2.24, 2.45) is 0 Å². The summed E-state index contributed by atoms with van der Waals surface area (Å²) in [5, 5.41) is 0. The zero-order valence-corrected chi connectivity index (χ0v) is 9.52. The van der Waals surface area contributed by atoms with Gasteiger partial charge in [-0.05, 0) is 5.56 Å². The van der Waals surface area contributed by atoms with Crippen LogP contribution in [0.2, 0.25) is 0 Å². The van der Waals surface area contributed by atoms with E-state index in [4.69, 9.17) is 10.6 Å². The Labute approximate surface area is 103 Å². The maximum atomic E-state index is 5.66. The van der Waals surface area contributed by atoms with Crippen LogP contribution in [0.1, 0.15) is 5.56 Å². The first-order valence-electron chi connectivity index (χ1n) is 5.44. The molecule has 2 aromatic heterocycles. The van der Waals surface area contributed by atoms with Crippen LogP contribution in [0.5, 0.6) is 5.88 Å². The Bertz CT molecular complexity index is 665. The van der Waals surface area contributed by atoms with Gasteiger partial charge in [-0.3, -0.25) is 0 Å². The number of nitrogen functional groups attached to an aromatic ring is 1. The highest BCUT2D eigenvalue weighted by Gasteiger charge is 2.09. The van der Waals surface area contributed by atoms with E-state index in [2.05, 4.69) is 15.0 Å². The van der Waals surface area contributed by atoms with Gasteiger partial charge in [0.2, 0.25) is 5.88 Å². The third kappa shape index (κ3) is 1.84. The van der Waals surface area contributed by atoms with Crippen molar-refractivity contribution in [3.8, 4) is 5.88 Å². The van der Waals surface area contributed by atoms with Crippen molar-refractivity contribution >= 4 is 11.2 Å². The molecule has 0 saturated carbocycles. The fourth-order valence-electron chi connectivity index (χ4n) is 1.66. The van der Waals surface area contributed by atoms with Crippen LogP contribution < -0.4 is 10.6 Å². The fraction of sp³-hybridized carbons (Fsp3) is 0.0833. The van der Waals surface area contributed by atoms with Gasteiger partial charge in [0.05, 0.1) is 0 Å². The number of fused-ring (bicyclic) bond motifs is 1. The minimum atomic E-state index is 0.435. The summed E-state index contributed by atoms with van der Waals surface area (Å²) in [4.78, 5) is 12.2. The quantitative estimate of drug-likeness (QED) is 0.695. The average molecular weight is 241 g/mol. The molecule has 0 atom stereocenters. The van der Waals surface area contributed by atoms with Crippen LogP contribution in [0.3, 0.4) is 0 Å². The third-order valence-corrected chi connectivity index (χ3v) is 2.54.